The molecule has 0 spiro atoms. The highest BCUT2D eigenvalue weighted by Crippen LogP contribution is 2.36. The summed E-state index contributed by atoms with van der Waals surface area (Å²) in [6, 6.07) is 15.9. The maximum absolute atomic E-state index is 12.4. The van der Waals surface area contributed by atoms with E-state index in [4.69, 9.17) is 23.7 Å². The summed E-state index contributed by atoms with van der Waals surface area (Å²) in [7, 11) is 0. The van der Waals surface area contributed by atoms with Crippen molar-refractivity contribution in [3.63, 3.8) is 0 Å². The average molecular weight is 627 g/mol. The van der Waals surface area contributed by atoms with Crippen molar-refractivity contribution in [2.24, 2.45) is 0 Å². The molecule has 13 nitrogen and oxygen atoms in total. The third kappa shape index (κ3) is 8.57. The largest absolute Gasteiger partial charge is 0.486 e. The summed E-state index contributed by atoms with van der Waals surface area (Å²) in [5.74, 6) is -1.26. The van der Waals surface area contributed by atoms with E-state index >= 15 is 0 Å². The topological polar surface area (TPSA) is 157 Å². The zero-order valence-electron chi connectivity index (χ0n) is 24.9. The molecule has 1 amide bonds. The first kappa shape index (κ1) is 32.5. The number of nitrogens with zero attached hydrogens (tertiary/aromatic N) is 3. The number of para-hydroxylation sites is 1. The van der Waals surface area contributed by atoms with Gasteiger partial charge in [0.2, 0.25) is 5.91 Å². The van der Waals surface area contributed by atoms with Crippen LogP contribution in [0.4, 0.5) is 0 Å². The lowest BCUT2D eigenvalue weighted by atomic mass is 9.97. The molecule has 14 heteroatoms. The molecule has 0 saturated carbocycles. The molecule has 1 fully saturated rings. The number of carbonyl (C=O) groups is 4. The van der Waals surface area contributed by atoms with Crippen molar-refractivity contribution >= 4 is 35.6 Å². The van der Waals surface area contributed by atoms with Gasteiger partial charge >= 0.3 is 17.9 Å². The molecule has 234 valence electrons. The van der Waals surface area contributed by atoms with Crippen molar-refractivity contribution < 1.29 is 42.9 Å². The van der Waals surface area contributed by atoms with Gasteiger partial charge in [-0.3, -0.25) is 23.7 Å². The molecule has 0 bridgehead atoms. The fourth-order valence-electron chi connectivity index (χ4n) is 4.58. The minimum absolute atomic E-state index is 0.0891. The van der Waals surface area contributed by atoms with Crippen molar-refractivity contribution in [1.82, 2.24) is 20.1 Å². The minimum Gasteiger partial charge on any atom is -0.486 e. The highest BCUT2D eigenvalue weighted by atomic mass is 32.2. The number of hydrogen-bond donors (Lipinski definition) is 1. The van der Waals surface area contributed by atoms with Crippen LogP contribution in [-0.4, -0.2) is 75.0 Å². The van der Waals surface area contributed by atoms with Crippen molar-refractivity contribution in [3.05, 3.63) is 66.0 Å². The van der Waals surface area contributed by atoms with Gasteiger partial charge in [-0.15, -0.1) is 10.2 Å². The molecule has 4 rings (SSSR count). The Balaban J connectivity index is 1.72. The van der Waals surface area contributed by atoms with E-state index in [1.807, 2.05) is 61.5 Å². The van der Waals surface area contributed by atoms with Crippen LogP contribution in [0, 0.1) is 6.92 Å². The molecule has 2 aromatic carbocycles. The Hall–Kier alpha value is -4.43. The van der Waals surface area contributed by atoms with E-state index in [9.17, 15) is 19.2 Å². The van der Waals surface area contributed by atoms with Crippen molar-refractivity contribution in [3.8, 4) is 11.4 Å². The maximum atomic E-state index is 12.4. The standard InChI is InChI=1S/C30H34N4O9S/c1-17-11-13-23(14-12-17)40-16-25-32-33-30(34(25)22-9-7-6-8-10-22)44-29-26(31-18(2)35)28(42-21(5)38)27(41-20(4)37)24(43-29)15-39-19(3)36/h6-14,24,26-29H,15-16H2,1-5H3,(H,31,35)/t24-,26-,27-,28-,29+/m1/s1. The van der Waals surface area contributed by atoms with E-state index in [0.717, 1.165) is 23.0 Å². The summed E-state index contributed by atoms with van der Waals surface area (Å²) < 4.78 is 30.4. The molecule has 0 aliphatic carbocycles. The molecule has 1 saturated heterocycles. The van der Waals surface area contributed by atoms with Crippen LogP contribution < -0.4 is 10.1 Å². The van der Waals surface area contributed by atoms with Crippen LogP contribution in [0.2, 0.25) is 0 Å². The zero-order chi connectivity index (χ0) is 31.8. The third-order valence-electron chi connectivity index (χ3n) is 6.40. The SMILES string of the molecule is CC(=O)N[C@@H]1[C@@H](OC(C)=O)[C@H](OC(C)=O)[C@@H](COC(C)=O)O[C@H]1Sc1nnc(COc2ccc(C)cc2)n1-c1ccccc1. The molecular formula is C30H34N4O9S. The molecule has 44 heavy (non-hydrogen) atoms. The molecule has 2 heterocycles. The lowest BCUT2D eigenvalue weighted by Crippen LogP contribution is -2.65. The fourth-order valence-corrected chi connectivity index (χ4v) is 5.76. The summed E-state index contributed by atoms with van der Waals surface area (Å²) in [6.45, 7) is 6.67. The Labute approximate surface area is 258 Å². The van der Waals surface area contributed by atoms with Gasteiger partial charge in [0, 0.05) is 33.4 Å². The summed E-state index contributed by atoms with van der Waals surface area (Å²) in [6.07, 6.45) is -3.44. The van der Waals surface area contributed by atoms with Crippen LogP contribution in [0.3, 0.4) is 0 Å². The molecule has 5 atom stereocenters. The Kier molecular flexibility index (Phi) is 11.0. The van der Waals surface area contributed by atoms with Crippen LogP contribution in [0.25, 0.3) is 5.69 Å². The van der Waals surface area contributed by atoms with Crippen LogP contribution in [0.1, 0.15) is 39.1 Å². The van der Waals surface area contributed by atoms with E-state index in [1.165, 1.54) is 27.7 Å². The number of aryl methyl sites for hydroxylation is 1. The van der Waals surface area contributed by atoms with Gasteiger partial charge in [-0.2, -0.15) is 0 Å². The van der Waals surface area contributed by atoms with Gasteiger partial charge in [0.25, 0.3) is 0 Å². The quantitative estimate of drug-likeness (QED) is 0.246. The Morgan fingerprint density at radius 1 is 0.886 bits per heavy atom. The number of ether oxygens (including phenoxy) is 5. The maximum Gasteiger partial charge on any atom is 0.303 e. The summed E-state index contributed by atoms with van der Waals surface area (Å²) in [4.78, 5) is 48.3. The Morgan fingerprint density at radius 3 is 2.16 bits per heavy atom. The van der Waals surface area contributed by atoms with Gasteiger partial charge < -0.3 is 29.0 Å². The fraction of sp³-hybridized carbons (Fsp3) is 0.400. The lowest BCUT2D eigenvalue weighted by molar-refractivity contribution is -0.211. The van der Waals surface area contributed by atoms with Crippen molar-refractivity contribution in [1.29, 1.82) is 0 Å². The second kappa shape index (κ2) is 14.8. The number of thioether (sulfide) groups is 1. The number of nitrogens with one attached hydrogen (secondary N) is 1. The second-order valence-electron chi connectivity index (χ2n) is 10.0. The molecule has 1 aliphatic heterocycles. The van der Waals surface area contributed by atoms with Crippen molar-refractivity contribution in [2.75, 3.05) is 6.61 Å². The van der Waals surface area contributed by atoms with E-state index in [0.29, 0.717) is 16.7 Å². The van der Waals surface area contributed by atoms with Crippen LogP contribution in [-0.2, 0) is 44.7 Å². The highest BCUT2D eigenvalue weighted by molar-refractivity contribution is 7.99. The number of rotatable bonds is 11. The number of esters is 3. The first-order valence-corrected chi connectivity index (χ1v) is 14.7. The number of hydrogen-bond acceptors (Lipinski definition) is 12. The van der Waals surface area contributed by atoms with Gasteiger partial charge in [-0.25, -0.2) is 0 Å². The van der Waals surface area contributed by atoms with Gasteiger partial charge in [0.15, 0.2) is 23.2 Å². The first-order valence-electron chi connectivity index (χ1n) is 13.8. The normalized spacial score (nSPS) is 21.2. The smallest absolute Gasteiger partial charge is 0.303 e. The molecule has 1 aromatic heterocycles. The molecule has 1 N–H and O–H groups in total. The third-order valence-corrected chi connectivity index (χ3v) is 7.51. The van der Waals surface area contributed by atoms with Crippen molar-refractivity contribution in [2.45, 2.75) is 76.2 Å². The number of carbonyl (C=O) groups excluding carboxylic acids is 4. The van der Waals surface area contributed by atoms with E-state index in [-0.39, 0.29) is 13.2 Å². The zero-order valence-corrected chi connectivity index (χ0v) is 25.7. The van der Waals surface area contributed by atoms with E-state index in [1.54, 1.807) is 4.57 Å². The number of aromatic nitrogens is 3. The van der Waals surface area contributed by atoms with Crippen LogP contribution in [0.15, 0.2) is 59.8 Å². The predicted molar refractivity (Wildman–Crippen MR) is 157 cm³/mol. The highest BCUT2D eigenvalue weighted by Gasteiger charge is 2.51. The Morgan fingerprint density at radius 2 is 1.55 bits per heavy atom. The predicted octanol–water partition coefficient (Wildman–Crippen LogP) is 2.90. The minimum atomic E-state index is -1.20. The number of amides is 1. The second-order valence-corrected chi connectivity index (χ2v) is 11.1. The molecule has 0 unspecified atom stereocenters. The Bertz CT molecular complexity index is 1460. The van der Waals surface area contributed by atoms with Crippen LogP contribution >= 0.6 is 11.8 Å². The van der Waals surface area contributed by atoms with Gasteiger partial charge in [0.1, 0.15) is 36.5 Å². The molecule has 3 aromatic rings. The lowest BCUT2D eigenvalue weighted by Gasteiger charge is -2.44. The summed E-state index contributed by atoms with van der Waals surface area (Å²) in [5, 5.41) is 11.9. The van der Waals surface area contributed by atoms with Gasteiger partial charge in [-0.1, -0.05) is 47.7 Å². The first-order chi connectivity index (χ1) is 21.0. The average Bonchev–Trinajstić information content (AvgIpc) is 3.36. The molecule has 1 aliphatic rings. The monoisotopic (exact) mass is 626 g/mol. The summed E-state index contributed by atoms with van der Waals surface area (Å²) >= 11 is 1.09. The molecular weight excluding hydrogens is 592 g/mol. The van der Waals surface area contributed by atoms with E-state index < -0.39 is 53.6 Å². The molecule has 0 radical (unpaired) electrons. The van der Waals surface area contributed by atoms with Gasteiger partial charge in [0.05, 0.1) is 0 Å². The van der Waals surface area contributed by atoms with E-state index in [2.05, 4.69) is 15.5 Å². The van der Waals surface area contributed by atoms with Gasteiger partial charge in [-0.05, 0) is 31.2 Å². The number of benzene rings is 2. The van der Waals surface area contributed by atoms with Crippen LogP contribution in [0.5, 0.6) is 5.75 Å². The summed E-state index contributed by atoms with van der Waals surface area (Å²) in [5.41, 5.74) is 0.869.